The van der Waals surface area contributed by atoms with Gasteiger partial charge in [0, 0.05) is 12.1 Å². The Bertz CT molecular complexity index is 570. The van der Waals surface area contributed by atoms with Gasteiger partial charge in [0.15, 0.2) is 11.6 Å². The molecule has 2 aromatic rings. The molecule has 0 heterocycles. The zero-order valence-electron chi connectivity index (χ0n) is 12.0. The summed E-state index contributed by atoms with van der Waals surface area (Å²) in [6, 6.07) is 11.7. The topological polar surface area (TPSA) is 21.3 Å². The predicted molar refractivity (Wildman–Crippen MR) is 79.1 cm³/mol. The molecule has 0 radical (unpaired) electrons. The Balaban J connectivity index is 1.90. The van der Waals surface area contributed by atoms with Crippen LogP contribution < -0.4 is 10.1 Å². The van der Waals surface area contributed by atoms with Crippen molar-refractivity contribution in [2.45, 2.75) is 26.5 Å². The average molecular weight is 291 g/mol. The summed E-state index contributed by atoms with van der Waals surface area (Å²) in [6.45, 7) is 3.93. The van der Waals surface area contributed by atoms with Crippen LogP contribution in [-0.2, 0) is 13.2 Å². The summed E-state index contributed by atoms with van der Waals surface area (Å²) in [4.78, 5) is 0. The van der Waals surface area contributed by atoms with Crippen LogP contribution in [0.2, 0.25) is 0 Å². The summed E-state index contributed by atoms with van der Waals surface area (Å²) in [6.07, 6.45) is 1.10. The van der Waals surface area contributed by atoms with Crippen molar-refractivity contribution < 1.29 is 13.5 Å². The van der Waals surface area contributed by atoms with Gasteiger partial charge >= 0.3 is 0 Å². The summed E-state index contributed by atoms with van der Waals surface area (Å²) in [5.74, 6) is -1.07. The van der Waals surface area contributed by atoms with Crippen LogP contribution in [0.25, 0.3) is 0 Å². The Morgan fingerprint density at radius 1 is 1.05 bits per heavy atom. The molecule has 0 amide bonds. The highest BCUT2D eigenvalue weighted by Crippen LogP contribution is 2.17. The van der Waals surface area contributed by atoms with Gasteiger partial charge in [-0.15, -0.1) is 0 Å². The highest BCUT2D eigenvalue weighted by Gasteiger charge is 2.07. The third kappa shape index (κ3) is 4.53. The maximum absolute atomic E-state index is 13.5. The molecule has 0 aromatic heterocycles. The first-order valence-electron chi connectivity index (χ1n) is 7.06. The van der Waals surface area contributed by atoms with Gasteiger partial charge in [-0.2, -0.15) is 0 Å². The number of rotatable bonds is 7. The zero-order valence-corrected chi connectivity index (χ0v) is 12.0. The molecule has 0 unspecified atom stereocenters. The first-order valence-corrected chi connectivity index (χ1v) is 7.06. The molecule has 112 valence electrons. The van der Waals surface area contributed by atoms with Crippen LogP contribution >= 0.6 is 0 Å². The molecule has 0 bridgehead atoms. The molecule has 0 aliphatic rings. The van der Waals surface area contributed by atoms with Crippen LogP contribution in [-0.4, -0.2) is 6.54 Å². The maximum Gasteiger partial charge on any atom is 0.165 e. The van der Waals surface area contributed by atoms with E-state index in [0.29, 0.717) is 5.75 Å². The third-order valence-corrected chi connectivity index (χ3v) is 3.11. The minimum Gasteiger partial charge on any atom is -0.489 e. The minimum atomic E-state index is -0.853. The van der Waals surface area contributed by atoms with Crippen LogP contribution in [0.5, 0.6) is 5.75 Å². The lowest BCUT2D eigenvalue weighted by Gasteiger charge is -2.09. The standard InChI is InChI=1S/C17H19F2NO/c1-2-10-20-11-13-6-8-15(9-7-13)21-12-14-4-3-5-16(18)17(14)19/h3-9,20H,2,10-12H2,1H3. The summed E-state index contributed by atoms with van der Waals surface area (Å²) in [5, 5.41) is 3.31. The summed E-state index contributed by atoms with van der Waals surface area (Å²) in [7, 11) is 0. The molecule has 0 aliphatic carbocycles. The van der Waals surface area contributed by atoms with E-state index in [4.69, 9.17) is 4.74 Å². The Labute approximate surface area is 123 Å². The maximum atomic E-state index is 13.5. The van der Waals surface area contributed by atoms with Crippen LogP contribution in [0.4, 0.5) is 8.78 Å². The van der Waals surface area contributed by atoms with Crippen molar-refractivity contribution in [3.8, 4) is 5.75 Å². The van der Waals surface area contributed by atoms with Crippen LogP contribution in [0, 0.1) is 11.6 Å². The van der Waals surface area contributed by atoms with Crippen molar-refractivity contribution in [2.24, 2.45) is 0 Å². The van der Waals surface area contributed by atoms with Crippen molar-refractivity contribution in [3.63, 3.8) is 0 Å². The fraction of sp³-hybridized carbons (Fsp3) is 0.294. The second kappa shape index (κ2) is 7.74. The largest absolute Gasteiger partial charge is 0.489 e. The van der Waals surface area contributed by atoms with Gasteiger partial charge in [-0.3, -0.25) is 0 Å². The smallest absolute Gasteiger partial charge is 0.165 e. The Hall–Kier alpha value is -1.94. The lowest BCUT2D eigenvalue weighted by molar-refractivity contribution is 0.297. The molecule has 21 heavy (non-hydrogen) atoms. The highest BCUT2D eigenvalue weighted by molar-refractivity contribution is 5.28. The van der Waals surface area contributed by atoms with E-state index < -0.39 is 11.6 Å². The van der Waals surface area contributed by atoms with Crippen LogP contribution in [0.15, 0.2) is 42.5 Å². The fourth-order valence-corrected chi connectivity index (χ4v) is 1.93. The second-order valence-corrected chi connectivity index (χ2v) is 4.82. The molecule has 2 aromatic carbocycles. The van der Waals surface area contributed by atoms with Crippen molar-refractivity contribution in [2.75, 3.05) is 6.54 Å². The third-order valence-electron chi connectivity index (χ3n) is 3.11. The number of benzene rings is 2. The summed E-state index contributed by atoms with van der Waals surface area (Å²) < 4.78 is 32.0. The second-order valence-electron chi connectivity index (χ2n) is 4.82. The van der Waals surface area contributed by atoms with E-state index >= 15 is 0 Å². The first kappa shape index (κ1) is 15.4. The predicted octanol–water partition coefficient (Wildman–Crippen LogP) is 4.04. The molecule has 0 aliphatic heterocycles. The van der Waals surface area contributed by atoms with Gasteiger partial charge in [0.2, 0.25) is 0 Å². The van der Waals surface area contributed by atoms with E-state index in [9.17, 15) is 8.78 Å². The fourth-order valence-electron chi connectivity index (χ4n) is 1.93. The zero-order chi connectivity index (χ0) is 15.1. The van der Waals surface area contributed by atoms with Gasteiger partial charge in [-0.1, -0.05) is 31.2 Å². The molecule has 0 fully saturated rings. The van der Waals surface area contributed by atoms with Crippen LogP contribution in [0.3, 0.4) is 0 Å². The number of hydrogen-bond acceptors (Lipinski definition) is 2. The van der Waals surface area contributed by atoms with Crippen molar-refractivity contribution in [1.82, 2.24) is 5.32 Å². The molecular weight excluding hydrogens is 272 g/mol. The molecule has 0 saturated carbocycles. The van der Waals surface area contributed by atoms with Gasteiger partial charge in [-0.25, -0.2) is 8.78 Å². The molecule has 0 spiro atoms. The van der Waals surface area contributed by atoms with Gasteiger partial charge in [0.05, 0.1) is 0 Å². The monoisotopic (exact) mass is 291 g/mol. The molecule has 0 atom stereocenters. The molecule has 0 saturated heterocycles. The number of nitrogens with one attached hydrogen (secondary N) is 1. The van der Waals surface area contributed by atoms with Crippen LogP contribution in [0.1, 0.15) is 24.5 Å². The van der Waals surface area contributed by atoms with Crippen molar-refractivity contribution in [3.05, 3.63) is 65.2 Å². The van der Waals surface area contributed by atoms with E-state index in [0.717, 1.165) is 31.1 Å². The van der Waals surface area contributed by atoms with Gasteiger partial charge in [0.25, 0.3) is 0 Å². The normalized spacial score (nSPS) is 10.6. The number of hydrogen-bond donors (Lipinski definition) is 1. The average Bonchev–Trinajstić information content (AvgIpc) is 2.50. The van der Waals surface area contributed by atoms with E-state index in [1.54, 1.807) is 0 Å². The van der Waals surface area contributed by atoms with Gasteiger partial charge in [-0.05, 0) is 36.7 Å². The number of halogens is 2. The SMILES string of the molecule is CCCNCc1ccc(OCc2cccc(F)c2F)cc1. The molecule has 4 heteroatoms. The first-order chi connectivity index (χ1) is 10.2. The molecule has 2 rings (SSSR count). The number of ether oxygens (including phenoxy) is 1. The lowest BCUT2D eigenvalue weighted by atomic mass is 10.2. The summed E-state index contributed by atoms with van der Waals surface area (Å²) >= 11 is 0. The highest BCUT2D eigenvalue weighted by atomic mass is 19.2. The van der Waals surface area contributed by atoms with E-state index in [1.165, 1.54) is 12.1 Å². The molecule has 2 nitrogen and oxygen atoms in total. The van der Waals surface area contributed by atoms with Gasteiger partial charge in [0.1, 0.15) is 12.4 Å². The lowest BCUT2D eigenvalue weighted by Crippen LogP contribution is -2.13. The van der Waals surface area contributed by atoms with E-state index in [2.05, 4.69) is 12.2 Å². The van der Waals surface area contributed by atoms with E-state index in [-0.39, 0.29) is 12.2 Å². The molecule has 1 N–H and O–H groups in total. The quantitative estimate of drug-likeness (QED) is 0.777. The van der Waals surface area contributed by atoms with Crippen molar-refractivity contribution in [1.29, 1.82) is 0 Å². The Morgan fingerprint density at radius 3 is 2.52 bits per heavy atom. The Morgan fingerprint density at radius 2 is 1.81 bits per heavy atom. The van der Waals surface area contributed by atoms with E-state index in [1.807, 2.05) is 24.3 Å². The minimum absolute atomic E-state index is 0.0109. The summed E-state index contributed by atoms with van der Waals surface area (Å²) in [5.41, 5.74) is 1.37. The molecular formula is C17H19F2NO. The van der Waals surface area contributed by atoms with Crippen molar-refractivity contribution >= 4 is 0 Å². The van der Waals surface area contributed by atoms with Gasteiger partial charge < -0.3 is 10.1 Å². The Kier molecular flexibility index (Phi) is 5.69.